The van der Waals surface area contributed by atoms with Gasteiger partial charge in [-0.05, 0) is 28.8 Å². The number of hydrogen-bond acceptors (Lipinski definition) is 4. The molecule has 1 amide bonds. The predicted octanol–water partition coefficient (Wildman–Crippen LogP) is 2.71. The number of amides is 1. The molecule has 0 fully saturated rings. The Bertz CT molecular complexity index is 692. The lowest BCUT2D eigenvalue weighted by Crippen LogP contribution is -2.29. The molecule has 24 heavy (non-hydrogen) atoms. The largest absolute Gasteiger partial charge is 0.392 e. The van der Waals surface area contributed by atoms with Crippen molar-refractivity contribution in [1.82, 2.24) is 5.32 Å². The second kappa shape index (κ2) is 9.27. The Morgan fingerprint density at radius 2 is 1.96 bits per heavy atom. The first kappa shape index (κ1) is 18.3. The van der Waals surface area contributed by atoms with E-state index in [1.54, 1.807) is 25.3 Å². The Kier molecular flexibility index (Phi) is 7.06. The molecule has 0 aromatic heterocycles. The maximum absolute atomic E-state index is 12.0. The first-order valence-electron chi connectivity index (χ1n) is 7.59. The van der Waals surface area contributed by atoms with Gasteiger partial charge >= 0.3 is 0 Å². The molecule has 2 aromatic carbocycles. The molecule has 6 heteroatoms. The Morgan fingerprint density at radius 3 is 2.71 bits per heavy atom. The number of aliphatic hydroxyl groups is 1. The average molecular weight is 349 g/mol. The van der Waals surface area contributed by atoms with E-state index in [9.17, 15) is 4.79 Å². The van der Waals surface area contributed by atoms with E-state index in [2.05, 4.69) is 10.6 Å². The number of hydrogen-bond donors (Lipinski definition) is 3. The highest BCUT2D eigenvalue weighted by Crippen LogP contribution is 2.22. The first-order valence-corrected chi connectivity index (χ1v) is 7.96. The van der Waals surface area contributed by atoms with Crippen molar-refractivity contribution < 1.29 is 14.6 Å². The number of methoxy groups -OCH3 is 1. The Balaban J connectivity index is 1.84. The van der Waals surface area contributed by atoms with Gasteiger partial charge in [-0.1, -0.05) is 41.9 Å². The minimum atomic E-state index is -0.141. The van der Waals surface area contributed by atoms with E-state index in [-0.39, 0.29) is 19.1 Å². The molecule has 128 valence electrons. The number of benzene rings is 2. The molecule has 3 N–H and O–H groups in total. The fourth-order valence-corrected chi connectivity index (χ4v) is 2.43. The van der Waals surface area contributed by atoms with Gasteiger partial charge in [-0.2, -0.15) is 0 Å². The van der Waals surface area contributed by atoms with Crippen LogP contribution in [-0.4, -0.2) is 24.7 Å². The van der Waals surface area contributed by atoms with Crippen LogP contribution < -0.4 is 10.6 Å². The van der Waals surface area contributed by atoms with Crippen molar-refractivity contribution in [2.75, 3.05) is 19.0 Å². The van der Waals surface area contributed by atoms with Gasteiger partial charge in [0, 0.05) is 13.7 Å². The van der Waals surface area contributed by atoms with E-state index in [0.29, 0.717) is 23.9 Å². The summed E-state index contributed by atoms with van der Waals surface area (Å²) in [5, 5.41) is 15.5. The van der Waals surface area contributed by atoms with Crippen LogP contribution in [0, 0.1) is 0 Å². The topological polar surface area (TPSA) is 70.6 Å². The molecule has 0 radical (unpaired) electrons. The highest BCUT2D eigenvalue weighted by Gasteiger charge is 2.05. The molecule has 0 spiro atoms. The second-order valence-corrected chi connectivity index (χ2v) is 5.76. The number of rotatable bonds is 8. The zero-order valence-corrected chi connectivity index (χ0v) is 14.3. The number of carbonyl (C=O) groups is 1. The van der Waals surface area contributed by atoms with Crippen LogP contribution in [0.1, 0.15) is 16.7 Å². The summed E-state index contributed by atoms with van der Waals surface area (Å²) in [5.74, 6) is -0.141. The average Bonchev–Trinajstić information content (AvgIpc) is 2.60. The smallest absolute Gasteiger partial charge is 0.239 e. The van der Waals surface area contributed by atoms with E-state index in [0.717, 1.165) is 16.7 Å². The van der Waals surface area contributed by atoms with Gasteiger partial charge in [0.15, 0.2) is 0 Å². The number of halogens is 1. The number of carbonyl (C=O) groups excluding carboxylic acids is 1. The number of anilines is 1. The summed E-state index contributed by atoms with van der Waals surface area (Å²) >= 11 is 6.07. The zero-order valence-electron chi connectivity index (χ0n) is 13.5. The van der Waals surface area contributed by atoms with Crippen LogP contribution in [0.25, 0.3) is 0 Å². The van der Waals surface area contributed by atoms with Gasteiger partial charge in [-0.25, -0.2) is 0 Å². The van der Waals surface area contributed by atoms with E-state index < -0.39 is 0 Å². The molecular weight excluding hydrogens is 328 g/mol. The van der Waals surface area contributed by atoms with Gasteiger partial charge in [0.2, 0.25) is 5.91 Å². The summed E-state index contributed by atoms with van der Waals surface area (Å²) in [6, 6.07) is 13.0. The molecule has 0 aliphatic carbocycles. The number of nitrogens with one attached hydrogen (secondary N) is 2. The minimum absolute atomic E-state index is 0.0736. The molecule has 0 unspecified atom stereocenters. The molecule has 5 nitrogen and oxygen atoms in total. The van der Waals surface area contributed by atoms with Crippen molar-refractivity contribution in [3.8, 4) is 0 Å². The molecule has 2 rings (SSSR count). The fourth-order valence-electron chi connectivity index (χ4n) is 2.24. The van der Waals surface area contributed by atoms with Gasteiger partial charge in [0.1, 0.15) is 0 Å². The van der Waals surface area contributed by atoms with E-state index in [1.165, 1.54) is 0 Å². The van der Waals surface area contributed by atoms with Gasteiger partial charge in [-0.15, -0.1) is 0 Å². The quantitative estimate of drug-likeness (QED) is 0.686. The Hall–Kier alpha value is -2.08. The molecular formula is C18H21ClN2O3. The maximum atomic E-state index is 12.0. The zero-order chi connectivity index (χ0) is 17.4. The normalized spacial score (nSPS) is 10.5. The van der Waals surface area contributed by atoms with Crippen LogP contribution >= 0.6 is 11.6 Å². The third-order valence-electron chi connectivity index (χ3n) is 3.44. The van der Waals surface area contributed by atoms with Crippen LogP contribution in [0.4, 0.5) is 5.69 Å². The van der Waals surface area contributed by atoms with Crippen molar-refractivity contribution in [2.45, 2.75) is 19.8 Å². The van der Waals surface area contributed by atoms with Crippen molar-refractivity contribution in [1.29, 1.82) is 0 Å². The highest BCUT2D eigenvalue weighted by atomic mass is 35.5. The maximum Gasteiger partial charge on any atom is 0.239 e. The second-order valence-electron chi connectivity index (χ2n) is 5.36. The Morgan fingerprint density at radius 1 is 1.17 bits per heavy atom. The summed E-state index contributed by atoms with van der Waals surface area (Å²) in [6.07, 6.45) is 0. The molecule has 0 saturated heterocycles. The summed E-state index contributed by atoms with van der Waals surface area (Å²) in [5.41, 5.74) is 3.44. The Labute approximate surface area is 146 Å². The van der Waals surface area contributed by atoms with Gasteiger partial charge in [0.05, 0.1) is 30.5 Å². The number of ether oxygens (including phenoxy) is 1. The van der Waals surface area contributed by atoms with Gasteiger partial charge < -0.3 is 20.5 Å². The molecule has 0 saturated carbocycles. The summed E-state index contributed by atoms with van der Waals surface area (Å²) in [4.78, 5) is 12.0. The molecule has 0 aliphatic heterocycles. The van der Waals surface area contributed by atoms with Crippen LogP contribution in [0.2, 0.25) is 5.02 Å². The van der Waals surface area contributed by atoms with E-state index in [1.807, 2.05) is 24.3 Å². The molecule has 0 bridgehead atoms. The molecule has 0 heterocycles. The van der Waals surface area contributed by atoms with Crippen molar-refractivity contribution >= 4 is 23.2 Å². The summed E-state index contributed by atoms with van der Waals surface area (Å²) in [6.45, 7) is 1.02. The molecule has 2 aromatic rings. The van der Waals surface area contributed by atoms with Crippen LogP contribution in [0.15, 0.2) is 42.5 Å². The van der Waals surface area contributed by atoms with Gasteiger partial charge in [0.25, 0.3) is 0 Å². The first-order chi connectivity index (χ1) is 11.6. The van der Waals surface area contributed by atoms with Crippen LogP contribution in [-0.2, 0) is 29.3 Å². The van der Waals surface area contributed by atoms with Gasteiger partial charge in [-0.3, -0.25) is 4.79 Å². The molecule has 0 atom stereocenters. The van der Waals surface area contributed by atoms with E-state index >= 15 is 0 Å². The van der Waals surface area contributed by atoms with Crippen LogP contribution in [0.5, 0.6) is 0 Å². The third kappa shape index (κ3) is 5.53. The third-order valence-corrected chi connectivity index (χ3v) is 3.77. The van der Waals surface area contributed by atoms with Crippen molar-refractivity contribution in [2.24, 2.45) is 0 Å². The fraction of sp³-hybridized carbons (Fsp3) is 0.278. The number of aliphatic hydroxyl groups excluding tert-OH is 1. The minimum Gasteiger partial charge on any atom is -0.392 e. The summed E-state index contributed by atoms with van der Waals surface area (Å²) in [7, 11) is 1.65. The molecule has 0 aliphatic rings. The summed E-state index contributed by atoms with van der Waals surface area (Å²) < 4.78 is 5.10. The van der Waals surface area contributed by atoms with E-state index in [4.69, 9.17) is 21.4 Å². The SMILES string of the molecule is COCc1cccc(CNC(=O)CNc2cc(CO)ccc2Cl)c1. The van der Waals surface area contributed by atoms with Crippen molar-refractivity contribution in [3.05, 3.63) is 64.2 Å². The van der Waals surface area contributed by atoms with Crippen molar-refractivity contribution in [3.63, 3.8) is 0 Å². The lowest BCUT2D eigenvalue weighted by Gasteiger charge is -2.11. The van der Waals surface area contributed by atoms with Crippen LogP contribution in [0.3, 0.4) is 0 Å². The standard InChI is InChI=1S/C18H21ClN2O3/c1-24-12-15-4-2-3-13(7-15)9-21-18(23)10-20-17-8-14(11-22)5-6-16(17)19/h2-8,20,22H,9-12H2,1H3,(H,21,23). The monoisotopic (exact) mass is 348 g/mol. The predicted molar refractivity (Wildman–Crippen MR) is 94.9 cm³/mol. The lowest BCUT2D eigenvalue weighted by molar-refractivity contribution is -0.119. The highest BCUT2D eigenvalue weighted by molar-refractivity contribution is 6.33. The lowest BCUT2D eigenvalue weighted by atomic mass is 10.1.